The van der Waals surface area contributed by atoms with Crippen molar-refractivity contribution in [3.05, 3.63) is 49.7 Å². The van der Waals surface area contributed by atoms with Crippen molar-refractivity contribution in [3.63, 3.8) is 0 Å². The van der Waals surface area contributed by atoms with E-state index in [2.05, 4.69) is 22.0 Å². The Morgan fingerprint density at radius 3 is 2.83 bits per heavy atom. The maximum absolute atomic E-state index is 5.86. The summed E-state index contributed by atoms with van der Waals surface area (Å²) in [6.07, 6.45) is 6.34. The third-order valence-electron chi connectivity index (χ3n) is 2.82. The molecular weight excluding hydrogens is 232 g/mol. The quantitative estimate of drug-likeness (QED) is 0.799. The van der Waals surface area contributed by atoms with Gasteiger partial charge in [-0.25, -0.2) is 9.67 Å². The Morgan fingerprint density at radius 1 is 1.39 bits per heavy atom. The van der Waals surface area contributed by atoms with Gasteiger partial charge in [0.15, 0.2) is 0 Å². The van der Waals surface area contributed by atoms with Gasteiger partial charge in [-0.2, -0.15) is 5.10 Å². The zero-order chi connectivity index (χ0) is 12.4. The normalized spacial score (nSPS) is 27.5. The molecule has 0 bridgehead atoms. The molecule has 3 rings (SSSR count). The molecule has 18 heavy (non-hydrogen) atoms. The molecule has 3 heterocycles. The molecule has 0 aliphatic carbocycles. The van der Waals surface area contributed by atoms with Crippen LogP contribution in [0.5, 0.6) is 0 Å². The lowest BCUT2D eigenvalue weighted by atomic mass is 10.1. The first-order valence-corrected chi connectivity index (χ1v) is 5.66. The van der Waals surface area contributed by atoms with Crippen molar-refractivity contribution in [1.82, 2.24) is 19.7 Å². The first kappa shape index (κ1) is 11.3. The second-order valence-electron chi connectivity index (χ2n) is 4.13. The molecule has 0 saturated carbocycles. The fourth-order valence-electron chi connectivity index (χ4n) is 2.02. The lowest BCUT2D eigenvalue weighted by molar-refractivity contribution is -0.184. The van der Waals surface area contributed by atoms with Crippen molar-refractivity contribution in [2.75, 3.05) is 6.61 Å². The van der Waals surface area contributed by atoms with E-state index in [4.69, 9.17) is 9.47 Å². The molecule has 0 amide bonds. The lowest BCUT2D eigenvalue weighted by Gasteiger charge is -2.27. The number of nitrogens with zero attached hydrogens (tertiary/aromatic N) is 4. The average molecular weight is 245 g/mol. The third-order valence-corrected chi connectivity index (χ3v) is 2.82. The molecule has 1 aliphatic heterocycles. The Balaban J connectivity index is 1.94. The van der Waals surface area contributed by atoms with E-state index in [1.54, 1.807) is 23.4 Å². The Hall–Kier alpha value is -1.79. The van der Waals surface area contributed by atoms with Gasteiger partial charge in [-0.3, -0.25) is 4.98 Å². The van der Waals surface area contributed by atoms with Gasteiger partial charge in [-0.05, 0) is 19.1 Å². The highest BCUT2D eigenvalue weighted by atomic mass is 16.7. The molecular formula is C12H13N4O2. The van der Waals surface area contributed by atoms with E-state index < -0.39 is 5.79 Å². The number of pyridine rings is 1. The zero-order valence-corrected chi connectivity index (χ0v) is 9.77. The molecule has 6 heteroatoms. The number of hydrogen-bond acceptors (Lipinski definition) is 5. The SMILES string of the molecule is [CH2]C1COC(Cn2cncn2)(c2ccncc2)O1. The number of rotatable bonds is 3. The van der Waals surface area contributed by atoms with Crippen molar-refractivity contribution in [2.24, 2.45) is 0 Å². The Labute approximate surface area is 105 Å². The van der Waals surface area contributed by atoms with E-state index in [0.717, 1.165) is 5.56 Å². The van der Waals surface area contributed by atoms with Crippen molar-refractivity contribution in [2.45, 2.75) is 18.4 Å². The van der Waals surface area contributed by atoms with Gasteiger partial charge in [0.2, 0.25) is 5.79 Å². The summed E-state index contributed by atoms with van der Waals surface area (Å²) < 4.78 is 13.3. The summed E-state index contributed by atoms with van der Waals surface area (Å²) in [7, 11) is 0. The van der Waals surface area contributed by atoms with Crippen LogP contribution in [0.25, 0.3) is 0 Å². The Bertz CT molecular complexity index is 502. The van der Waals surface area contributed by atoms with Crippen LogP contribution in [0.3, 0.4) is 0 Å². The summed E-state index contributed by atoms with van der Waals surface area (Å²) >= 11 is 0. The smallest absolute Gasteiger partial charge is 0.215 e. The largest absolute Gasteiger partial charge is 0.342 e. The van der Waals surface area contributed by atoms with Gasteiger partial charge in [0.1, 0.15) is 19.2 Å². The molecule has 0 N–H and O–H groups in total. The minimum Gasteiger partial charge on any atom is -0.342 e. The maximum Gasteiger partial charge on any atom is 0.215 e. The number of aromatic nitrogens is 4. The van der Waals surface area contributed by atoms with Gasteiger partial charge in [0.05, 0.1) is 12.7 Å². The molecule has 1 saturated heterocycles. The van der Waals surface area contributed by atoms with Crippen LogP contribution < -0.4 is 0 Å². The average Bonchev–Trinajstić information content (AvgIpc) is 3.02. The molecule has 1 fully saturated rings. The first-order chi connectivity index (χ1) is 8.78. The fourth-order valence-corrected chi connectivity index (χ4v) is 2.02. The standard InChI is InChI=1S/C12H13N4O2/c1-10-6-17-12(18-10,7-16-9-14-8-15-16)11-2-4-13-5-3-11/h2-5,8-10H,1,6-7H2. The minimum absolute atomic E-state index is 0.193. The molecule has 2 aromatic heterocycles. The number of hydrogen-bond donors (Lipinski definition) is 0. The zero-order valence-electron chi connectivity index (χ0n) is 9.77. The molecule has 1 radical (unpaired) electrons. The van der Waals surface area contributed by atoms with Crippen LogP contribution in [0.1, 0.15) is 5.56 Å². The van der Waals surface area contributed by atoms with Gasteiger partial charge >= 0.3 is 0 Å². The molecule has 0 aromatic carbocycles. The monoisotopic (exact) mass is 245 g/mol. The van der Waals surface area contributed by atoms with Crippen LogP contribution in [0.4, 0.5) is 0 Å². The van der Waals surface area contributed by atoms with Crippen molar-refractivity contribution < 1.29 is 9.47 Å². The Morgan fingerprint density at radius 2 is 2.22 bits per heavy atom. The molecule has 6 nitrogen and oxygen atoms in total. The summed E-state index contributed by atoms with van der Waals surface area (Å²) in [5.41, 5.74) is 0.902. The van der Waals surface area contributed by atoms with Gasteiger partial charge < -0.3 is 9.47 Å². The summed E-state index contributed by atoms with van der Waals surface area (Å²) in [5, 5.41) is 4.08. The molecule has 2 atom stereocenters. The first-order valence-electron chi connectivity index (χ1n) is 5.66. The van der Waals surface area contributed by atoms with E-state index in [1.165, 1.54) is 6.33 Å². The molecule has 2 aromatic rings. The van der Waals surface area contributed by atoms with E-state index in [-0.39, 0.29) is 6.10 Å². The minimum atomic E-state index is -0.858. The summed E-state index contributed by atoms with van der Waals surface area (Å²) in [6, 6.07) is 3.74. The van der Waals surface area contributed by atoms with Gasteiger partial charge in [-0.15, -0.1) is 0 Å². The highest BCUT2D eigenvalue weighted by molar-refractivity contribution is 5.18. The van der Waals surface area contributed by atoms with Gasteiger partial charge in [-0.1, -0.05) is 0 Å². The molecule has 2 unspecified atom stereocenters. The van der Waals surface area contributed by atoms with Crippen LogP contribution in [0, 0.1) is 6.92 Å². The van der Waals surface area contributed by atoms with Gasteiger partial charge in [0.25, 0.3) is 0 Å². The van der Waals surface area contributed by atoms with E-state index in [1.807, 2.05) is 12.1 Å². The molecule has 1 aliphatic rings. The molecule has 0 spiro atoms. The lowest BCUT2D eigenvalue weighted by Crippen LogP contribution is -2.33. The van der Waals surface area contributed by atoms with Gasteiger partial charge in [0, 0.05) is 18.0 Å². The van der Waals surface area contributed by atoms with E-state index in [9.17, 15) is 0 Å². The predicted molar refractivity (Wildman–Crippen MR) is 62.1 cm³/mol. The summed E-state index contributed by atoms with van der Waals surface area (Å²) in [6.45, 7) is 4.77. The number of ether oxygens (including phenoxy) is 2. The maximum atomic E-state index is 5.86. The third kappa shape index (κ3) is 2.00. The topological polar surface area (TPSA) is 62.1 Å². The second kappa shape index (κ2) is 4.47. The van der Waals surface area contributed by atoms with Crippen LogP contribution in [-0.4, -0.2) is 32.5 Å². The van der Waals surface area contributed by atoms with Crippen molar-refractivity contribution >= 4 is 0 Å². The van der Waals surface area contributed by atoms with Crippen LogP contribution in [-0.2, 0) is 21.8 Å². The van der Waals surface area contributed by atoms with Crippen molar-refractivity contribution in [1.29, 1.82) is 0 Å². The van der Waals surface area contributed by atoms with E-state index in [0.29, 0.717) is 13.2 Å². The highest BCUT2D eigenvalue weighted by Gasteiger charge is 2.42. The Kier molecular flexibility index (Phi) is 2.81. The predicted octanol–water partition coefficient (Wildman–Crippen LogP) is 0.776. The van der Waals surface area contributed by atoms with Crippen LogP contribution in [0.2, 0.25) is 0 Å². The molecule has 93 valence electrons. The van der Waals surface area contributed by atoms with Crippen LogP contribution >= 0.6 is 0 Å². The van der Waals surface area contributed by atoms with Crippen LogP contribution in [0.15, 0.2) is 37.2 Å². The second-order valence-corrected chi connectivity index (χ2v) is 4.13. The fraction of sp³-hybridized carbons (Fsp3) is 0.333. The van der Waals surface area contributed by atoms with Crippen molar-refractivity contribution in [3.8, 4) is 0 Å². The summed E-state index contributed by atoms with van der Waals surface area (Å²) in [4.78, 5) is 7.92. The highest BCUT2D eigenvalue weighted by Crippen LogP contribution is 2.35. The summed E-state index contributed by atoms with van der Waals surface area (Å²) in [5.74, 6) is -0.858. The van der Waals surface area contributed by atoms with E-state index >= 15 is 0 Å².